The van der Waals surface area contributed by atoms with E-state index in [1.807, 2.05) is 30.3 Å². The van der Waals surface area contributed by atoms with Crippen LogP contribution in [0.4, 0.5) is 0 Å². The fraction of sp³-hybridized carbons (Fsp3) is 0.529. The van der Waals surface area contributed by atoms with Crippen molar-refractivity contribution in [2.45, 2.75) is 51.5 Å². The average Bonchev–Trinajstić information content (AvgIpc) is 2.43. The van der Waals surface area contributed by atoms with Crippen molar-refractivity contribution < 1.29 is 4.79 Å². The van der Waals surface area contributed by atoms with Gasteiger partial charge in [0.05, 0.1) is 6.07 Å². The lowest BCUT2D eigenvalue weighted by Gasteiger charge is -2.34. The van der Waals surface area contributed by atoms with E-state index in [2.05, 4.69) is 25.2 Å². The van der Waals surface area contributed by atoms with Crippen molar-refractivity contribution in [1.29, 1.82) is 5.26 Å². The molecule has 20 heavy (non-hydrogen) atoms. The van der Waals surface area contributed by atoms with E-state index in [0.717, 1.165) is 31.2 Å². The Morgan fingerprint density at radius 3 is 2.45 bits per heavy atom. The van der Waals surface area contributed by atoms with Crippen LogP contribution < -0.4 is 5.32 Å². The minimum atomic E-state index is -0.703. The summed E-state index contributed by atoms with van der Waals surface area (Å²) in [5.41, 5.74) is 1.15. The average molecular weight is 270 g/mol. The summed E-state index contributed by atoms with van der Waals surface area (Å²) in [4.78, 5) is 12.3. The van der Waals surface area contributed by atoms with Crippen molar-refractivity contribution in [2.24, 2.45) is 5.41 Å². The zero-order chi connectivity index (χ0) is 14.6. The van der Waals surface area contributed by atoms with Gasteiger partial charge >= 0.3 is 0 Å². The highest BCUT2D eigenvalue weighted by molar-refractivity contribution is 5.86. The number of benzene rings is 1. The van der Waals surface area contributed by atoms with E-state index >= 15 is 0 Å². The lowest BCUT2D eigenvalue weighted by molar-refractivity contribution is -0.122. The Morgan fingerprint density at radius 1 is 1.30 bits per heavy atom. The number of carbonyl (C=O) groups is 1. The summed E-state index contributed by atoms with van der Waals surface area (Å²) >= 11 is 0. The summed E-state index contributed by atoms with van der Waals surface area (Å²) in [6, 6.07) is 11.6. The maximum absolute atomic E-state index is 12.3. The molecular formula is C17H22N2O. The Balaban J connectivity index is 1.96. The van der Waals surface area contributed by atoms with Crippen LogP contribution in [-0.2, 0) is 4.79 Å². The summed E-state index contributed by atoms with van der Waals surface area (Å²) < 4.78 is 0. The molecule has 0 aromatic heterocycles. The molecule has 0 aliphatic heterocycles. The Hall–Kier alpha value is -1.82. The van der Waals surface area contributed by atoms with Gasteiger partial charge in [0.1, 0.15) is 5.92 Å². The van der Waals surface area contributed by atoms with Gasteiger partial charge in [-0.05, 0) is 36.7 Å². The molecule has 1 aliphatic carbocycles. The first kappa shape index (κ1) is 14.6. The molecule has 0 heterocycles. The molecule has 0 spiro atoms. The third kappa shape index (κ3) is 3.60. The molecule has 1 saturated carbocycles. The monoisotopic (exact) mass is 270 g/mol. The molecule has 1 unspecified atom stereocenters. The van der Waals surface area contributed by atoms with Gasteiger partial charge in [0, 0.05) is 6.04 Å². The Bertz CT molecular complexity index is 491. The third-order valence-electron chi connectivity index (χ3n) is 4.21. The maximum Gasteiger partial charge on any atom is 0.242 e. The van der Waals surface area contributed by atoms with Crippen LogP contribution in [0.15, 0.2) is 30.3 Å². The van der Waals surface area contributed by atoms with Crippen LogP contribution in [0.1, 0.15) is 51.0 Å². The van der Waals surface area contributed by atoms with Crippen molar-refractivity contribution in [3.8, 4) is 6.07 Å². The van der Waals surface area contributed by atoms with Crippen molar-refractivity contribution >= 4 is 5.91 Å². The number of nitriles is 1. The minimum absolute atomic E-state index is 0.164. The van der Waals surface area contributed by atoms with Gasteiger partial charge in [-0.15, -0.1) is 0 Å². The van der Waals surface area contributed by atoms with Gasteiger partial charge < -0.3 is 5.32 Å². The second-order valence-electron chi connectivity index (χ2n) is 6.42. The van der Waals surface area contributed by atoms with Gasteiger partial charge in [-0.3, -0.25) is 4.79 Å². The number of rotatable bonds is 3. The van der Waals surface area contributed by atoms with Gasteiger partial charge in [0.25, 0.3) is 0 Å². The molecule has 1 amide bonds. The number of hydrogen-bond acceptors (Lipinski definition) is 2. The van der Waals surface area contributed by atoms with Gasteiger partial charge in [0.15, 0.2) is 0 Å². The van der Waals surface area contributed by atoms with Crippen molar-refractivity contribution in [3.05, 3.63) is 35.9 Å². The molecule has 3 nitrogen and oxygen atoms in total. The Labute approximate surface area is 121 Å². The number of nitrogens with one attached hydrogen (secondary N) is 1. The topological polar surface area (TPSA) is 52.9 Å². The highest BCUT2D eigenvalue weighted by Crippen LogP contribution is 2.35. The number of carbonyl (C=O) groups excluding carboxylic acids is 1. The normalized spacial score (nSPS) is 19.9. The first-order chi connectivity index (χ1) is 9.52. The van der Waals surface area contributed by atoms with Gasteiger partial charge in [-0.25, -0.2) is 0 Å². The van der Waals surface area contributed by atoms with Crippen LogP contribution in [0.5, 0.6) is 0 Å². The molecule has 1 N–H and O–H groups in total. The first-order valence-electron chi connectivity index (χ1n) is 7.27. The van der Waals surface area contributed by atoms with Crippen LogP contribution >= 0.6 is 0 Å². The van der Waals surface area contributed by atoms with Gasteiger partial charge in [-0.2, -0.15) is 5.26 Å². The van der Waals surface area contributed by atoms with Crippen molar-refractivity contribution in [3.63, 3.8) is 0 Å². The minimum Gasteiger partial charge on any atom is -0.352 e. The first-order valence-corrected chi connectivity index (χ1v) is 7.27. The van der Waals surface area contributed by atoms with E-state index in [0.29, 0.717) is 5.41 Å². The maximum atomic E-state index is 12.3. The summed E-state index contributed by atoms with van der Waals surface area (Å²) in [5.74, 6) is -0.866. The molecule has 1 fully saturated rings. The van der Waals surface area contributed by atoms with Crippen LogP contribution in [0.3, 0.4) is 0 Å². The van der Waals surface area contributed by atoms with Gasteiger partial charge in [-0.1, -0.05) is 44.2 Å². The van der Waals surface area contributed by atoms with E-state index in [4.69, 9.17) is 0 Å². The summed E-state index contributed by atoms with van der Waals surface area (Å²) in [6.07, 6.45) is 4.26. The smallest absolute Gasteiger partial charge is 0.242 e. The predicted molar refractivity (Wildman–Crippen MR) is 79.0 cm³/mol. The highest BCUT2D eigenvalue weighted by Gasteiger charge is 2.29. The summed E-state index contributed by atoms with van der Waals surface area (Å²) in [7, 11) is 0. The molecule has 1 aromatic carbocycles. The Morgan fingerprint density at radius 2 is 1.90 bits per heavy atom. The summed E-state index contributed by atoms with van der Waals surface area (Å²) in [6.45, 7) is 4.54. The molecule has 1 atom stereocenters. The second-order valence-corrected chi connectivity index (χ2v) is 6.42. The second kappa shape index (κ2) is 6.09. The van der Waals surface area contributed by atoms with E-state index in [9.17, 15) is 10.1 Å². The van der Waals surface area contributed by atoms with Crippen LogP contribution in [0, 0.1) is 16.7 Å². The Kier molecular flexibility index (Phi) is 4.44. The molecule has 0 saturated heterocycles. The molecule has 2 rings (SSSR count). The standard InChI is InChI=1S/C17H22N2O/c1-17(2)10-8-14(9-11-17)19-16(20)15(12-18)13-6-4-3-5-7-13/h3-7,14-15H,8-11H2,1-2H3,(H,19,20). The SMILES string of the molecule is CC1(C)CCC(NC(=O)C(C#N)c2ccccc2)CC1. The van der Waals surface area contributed by atoms with Crippen molar-refractivity contribution in [2.75, 3.05) is 0 Å². The fourth-order valence-corrected chi connectivity index (χ4v) is 2.76. The van der Waals surface area contributed by atoms with Crippen LogP contribution in [0.25, 0.3) is 0 Å². The highest BCUT2D eigenvalue weighted by atomic mass is 16.1. The fourth-order valence-electron chi connectivity index (χ4n) is 2.76. The number of amides is 1. The predicted octanol–water partition coefficient (Wildman–Crippen LogP) is 3.38. The molecule has 1 aliphatic rings. The van der Waals surface area contributed by atoms with E-state index in [1.54, 1.807) is 0 Å². The van der Waals surface area contributed by atoms with E-state index < -0.39 is 5.92 Å². The summed E-state index contributed by atoms with van der Waals surface area (Å²) in [5, 5.41) is 12.3. The molecule has 3 heteroatoms. The lowest BCUT2D eigenvalue weighted by Crippen LogP contribution is -2.41. The molecule has 0 bridgehead atoms. The lowest BCUT2D eigenvalue weighted by atomic mass is 9.75. The molecule has 0 radical (unpaired) electrons. The zero-order valence-corrected chi connectivity index (χ0v) is 12.2. The molecule has 106 valence electrons. The van der Waals surface area contributed by atoms with Crippen LogP contribution in [0.2, 0.25) is 0 Å². The van der Waals surface area contributed by atoms with Crippen LogP contribution in [-0.4, -0.2) is 11.9 Å². The quantitative estimate of drug-likeness (QED) is 0.915. The third-order valence-corrected chi connectivity index (χ3v) is 4.21. The number of nitrogens with zero attached hydrogens (tertiary/aromatic N) is 1. The zero-order valence-electron chi connectivity index (χ0n) is 12.2. The van der Waals surface area contributed by atoms with E-state index in [-0.39, 0.29) is 11.9 Å². The van der Waals surface area contributed by atoms with Gasteiger partial charge in [0.2, 0.25) is 5.91 Å². The molecular weight excluding hydrogens is 248 g/mol. The van der Waals surface area contributed by atoms with E-state index in [1.165, 1.54) is 0 Å². The number of hydrogen-bond donors (Lipinski definition) is 1. The largest absolute Gasteiger partial charge is 0.352 e. The van der Waals surface area contributed by atoms with Crippen molar-refractivity contribution in [1.82, 2.24) is 5.32 Å². The molecule has 1 aromatic rings.